The van der Waals surface area contributed by atoms with Gasteiger partial charge in [0, 0.05) is 17.4 Å². The topological polar surface area (TPSA) is 96.2 Å². The van der Waals surface area contributed by atoms with Crippen LogP contribution in [0.4, 0.5) is 19.3 Å². The van der Waals surface area contributed by atoms with Gasteiger partial charge in [0.05, 0.1) is 0 Å². The Morgan fingerprint density at radius 1 is 1.31 bits per heavy atom. The van der Waals surface area contributed by atoms with Gasteiger partial charge in [-0.25, -0.2) is 13.6 Å². The van der Waals surface area contributed by atoms with Crippen LogP contribution in [-0.2, 0) is 25.8 Å². The molecule has 1 aliphatic carbocycles. The third kappa shape index (κ3) is 5.30. The summed E-state index contributed by atoms with van der Waals surface area (Å²) in [6.45, 7) is 1.40. The summed E-state index contributed by atoms with van der Waals surface area (Å²) < 4.78 is 26.7. The van der Waals surface area contributed by atoms with Gasteiger partial charge in [-0.05, 0) is 55.0 Å². The molecule has 1 aromatic carbocycles. The van der Waals surface area contributed by atoms with Crippen LogP contribution in [0.3, 0.4) is 0 Å². The molecule has 0 radical (unpaired) electrons. The Kier molecular flexibility index (Phi) is 6.46. The number of fused-ring (bicyclic) bond motifs is 1. The van der Waals surface area contributed by atoms with Crippen LogP contribution in [0.25, 0.3) is 0 Å². The summed E-state index contributed by atoms with van der Waals surface area (Å²) in [5, 5.41) is 18.2. The predicted molar refractivity (Wildman–Crippen MR) is 104 cm³/mol. The van der Waals surface area contributed by atoms with Crippen LogP contribution < -0.4 is 10.6 Å². The number of alkyl halides is 2. The van der Waals surface area contributed by atoms with Crippen LogP contribution in [0.15, 0.2) is 24.3 Å². The van der Waals surface area contributed by atoms with Gasteiger partial charge in [0.25, 0.3) is 12.3 Å². The second-order valence-electron chi connectivity index (χ2n) is 7.17. The summed E-state index contributed by atoms with van der Waals surface area (Å²) in [6, 6.07) is 6.94. The smallest absolute Gasteiger partial charge is 0.404 e. The molecule has 0 bridgehead atoms. The summed E-state index contributed by atoms with van der Waals surface area (Å²) in [6.07, 6.45) is -0.245. The van der Waals surface area contributed by atoms with E-state index in [0.29, 0.717) is 37.1 Å². The number of carbonyl (C=O) groups excluding carboxylic acids is 1. The van der Waals surface area contributed by atoms with E-state index >= 15 is 0 Å². The molecule has 0 saturated heterocycles. The van der Waals surface area contributed by atoms with Gasteiger partial charge < -0.3 is 15.7 Å². The van der Waals surface area contributed by atoms with Crippen molar-refractivity contribution < 1.29 is 23.5 Å². The maximum absolute atomic E-state index is 12.8. The highest BCUT2D eigenvalue weighted by atomic mass is 19.3. The van der Waals surface area contributed by atoms with Crippen LogP contribution in [0.1, 0.15) is 47.1 Å². The molecule has 29 heavy (non-hydrogen) atoms. The lowest BCUT2D eigenvalue weighted by atomic mass is 9.88. The number of benzene rings is 1. The number of halogens is 2. The minimum absolute atomic E-state index is 0.109. The van der Waals surface area contributed by atoms with Crippen LogP contribution in [0.5, 0.6) is 0 Å². The maximum Gasteiger partial charge on any atom is 0.404 e. The van der Waals surface area contributed by atoms with E-state index in [4.69, 9.17) is 5.11 Å². The van der Waals surface area contributed by atoms with E-state index in [1.54, 1.807) is 12.1 Å². The van der Waals surface area contributed by atoms with Crippen molar-refractivity contribution in [1.29, 1.82) is 0 Å². The van der Waals surface area contributed by atoms with Crippen molar-refractivity contribution in [2.24, 2.45) is 0 Å². The number of aromatic nitrogens is 2. The first-order valence-corrected chi connectivity index (χ1v) is 9.63. The lowest BCUT2D eigenvalue weighted by molar-refractivity contribution is 0.101. The Hall–Kier alpha value is -2.97. The van der Waals surface area contributed by atoms with Crippen molar-refractivity contribution in [2.45, 2.75) is 58.0 Å². The number of hydrogen-bond acceptors (Lipinski definition) is 3. The summed E-state index contributed by atoms with van der Waals surface area (Å²) >= 11 is 0. The number of nitrogens with one attached hydrogen (secondary N) is 2. The Morgan fingerprint density at radius 2 is 2.10 bits per heavy atom. The molecule has 1 aromatic heterocycles. The minimum atomic E-state index is -2.54. The Balaban J connectivity index is 1.71. The van der Waals surface area contributed by atoms with E-state index in [2.05, 4.69) is 15.7 Å². The van der Waals surface area contributed by atoms with Crippen molar-refractivity contribution in [3.63, 3.8) is 0 Å². The maximum atomic E-state index is 12.8. The highest BCUT2D eigenvalue weighted by Gasteiger charge is 2.21. The molecule has 1 atom stereocenters. The van der Waals surface area contributed by atoms with E-state index in [-0.39, 0.29) is 11.7 Å². The number of nitrogens with zero attached hydrogens (tertiary/aromatic N) is 2. The molecule has 0 fully saturated rings. The second kappa shape index (κ2) is 9.02. The molecule has 1 aliphatic rings. The lowest BCUT2D eigenvalue weighted by Crippen LogP contribution is -2.37. The lowest BCUT2D eigenvalue weighted by Gasteiger charge is -2.25. The molecule has 3 rings (SSSR count). The van der Waals surface area contributed by atoms with Gasteiger partial charge >= 0.3 is 6.09 Å². The summed E-state index contributed by atoms with van der Waals surface area (Å²) in [4.78, 5) is 23.4. The van der Waals surface area contributed by atoms with Gasteiger partial charge in [-0.15, -0.1) is 0 Å². The van der Waals surface area contributed by atoms with Gasteiger partial charge in [0.15, 0.2) is 5.69 Å². The van der Waals surface area contributed by atoms with E-state index in [1.165, 1.54) is 4.68 Å². The number of carbonyl (C=O) groups is 2. The Morgan fingerprint density at radius 3 is 2.79 bits per heavy atom. The standard InChI is InChI=1S/C20H24F2N4O3/c1-2-3-16-10-17(25-26(16)11-18(21)22)19(27)23-14-6-4-13-9-15(24-20(28)29)7-5-12(13)8-14/h4,6,8,10,15,18,24H,2-3,5,7,9,11H2,1H3,(H,23,27)(H,28,29). The second-order valence-corrected chi connectivity index (χ2v) is 7.17. The highest BCUT2D eigenvalue weighted by Crippen LogP contribution is 2.25. The van der Waals surface area contributed by atoms with Crippen molar-refractivity contribution in [1.82, 2.24) is 15.1 Å². The third-order valence-electron chi connectivity index (χ3n) is 4.93. The van der Waals surface area contributed by atoms with Crippen molar-refractivity contribution >= 4 is 17.7 Å². The summed E-state index contributed by atoms with van der Waals surface area (Å²) in [7, 11) is 0. The molecule has 0 spiro atoms. The Labute approximate surface area is 167 Å². The van der Waals surface area contributed by atoms with Gasteiger partial charge in [0.2, 0.25) is 0 Å². The first kappa shape index (κ1) is 20.8. The third-order valence-corrected chi connectivity index (χ3v) is 4.93. The van der Waals surface area contributed by atoms with E-state index in [0.717, 1.165) is 17.5 Å². The van der Waals surface area contributed by atoms with Gasteiger partial charge in [-0.3, -0.25) is 9.48 Å². The molecule has 9 heteroatoms. The number of rotatable bonds is 7. The SMILES string of the molecule is CCCc1cc(C(=O)Nc2ccc3c(c2)CCC(NC(=O)O)C3)nn1CC(F)F. The number of hydrogen-bond donors (Lipinski definition) is 3. The molecule has 156 valence electrons. The fourth-order valence-corrected chi connectivity index (χ4v) is 3.64. The average molecular weight is 406 g/mol. The zero-order valence-electron chi connectivity index (χ0n) is 16.1. The first-order valence-electron chi connectivity index (χ1n) is 9.63. The molecule has 0 aliphatic heterocycles. The average Bonchev–Trinajstić information content (AvgIpc) is 3.04. The number of anilines is 1. The fourth-order valence-electron chi connectivity index (χ4n) is 3.64. The van der Waals surface area contributed by atoms with E-state index in [1.807, 2.05) is 19.1 Å². The number of aryl methyl sites for hydroxylation is 2. The quantitative estimate of drug-likeness (QED) is 0.656. The van der Waals surface area contributed by atoms with Crippen LogP contribution in [0, 0.1) is 0 Å². The van der Waals surface area contributed by atoms with E-state index < -0.39 is 25.0 Å². The van der Waals surface area contributed by atoms with Crippen molar-refractivity contribution in [3.8, 4) is 0 Å². The zero-order valence-corrected chi connectivity index (χ0v) is 16.1. The summed E-state index contributed by atoms with van der Waals surface area (Å²) in [5.74, 6) is -0.448. The normalized spacial score (nSPS) is 15.8. The molecule has 1 heterocycles. The molecule has 1 unspecified atom stereocenters. The molecule has 0 saturated carbocycles. The molecular weight excluding hydrogens is 382 g/mol. The predicted octanol–water partition coefficient (Wildman–Crippen LogP) is 3.48. The monoisotopic (exact) mass is 406 g/mol. The molecule has 2 aromatic rings. The van der Waals surface area contributed by atoms with Crippen molar-refractivity contribution in [2.75, 3.05) is 5.32 Å². The number of carboxylic acid groups (broad SMARTS) is 1. The van der Waals surface area contributed by atoms with Crippen LogP contribution in [-0.4, -0.2) is 39.4 Å². The first-order chi connectivity index (χ1) is 13.9. The number of amides is 2. The molecule has 7 nitrogen and oxygen atoms in total. The Bertz CT molecular complexity index is 898. The summed E-state index contributed by atoms with van der Waals surface area (Å²) in [5.41, 5.74) is 3.41. The molecular formula is C20H24F2N4O3. The fraction of sp³-hybridized carbons (Fsp3) is 0.450. The van der Waals surface area contributed by atoms with Crippen LogP contribution >= 0.6 is 0 Å². The van der Waals surface area contributed by atoms with Gasteiger partial charge in [0.1, 0.15) is 6.54 Å². The van der Waals surface area contributed by atoms with Crippen LogP contribution in [0.2, 0.25) is 0 Å². The largest absolute Gasteiger partial charge is 0.465 e. The highest BCUT2D eigenvalue weighted by molar-refractivity contribution is 6.03. The molecule has 2 amide bonds. The van der Waals surface area contributed by atoms with E-state index in [9.17, 15) is 18.4 Å². The minimum Gasteiger partial charge on any atom is -0.465 e. The van der Waals surface area contributed by atoms with Gasteiger partial charge in [-0.1, -0.05) is 19.4 Å². The molecule has 3 N–H and O–H groups in total. The van der Waals surface area contributed by atoms with Gasteiger partial charge in [-0.2, -0.15) is 5.10 Å². The zero-order chi connectivity index (χ0) is 21.0. The van der Waals surface area contributed by atoms with Crippen molar-refractivity contribution in [3.05, 3.63) is 46.8 Å².